The smallest absolute Gasteiger partial charge is 0.203 e. The van der Waals surface area contributed by atoms with Crippen LogP contribution in [0.3, 0.4) is 0 Å². The zero-order chi connectivity index (χ0) is 14.4. The van der Waals surface area contributed by atoms with Crippen LogP contribution in [0.15, 0.2) is 0 Å². The molecule has 1 aliphatic rings. The third-order valence-corrected chi connectivity index (χ3v) is 4.34. The summed E-state index contributed by atoms with van der Waals surface area (Å²) in [6.07, 6.45) is 7.29. The fraction of sp³-hybridized carbons (Fsp3) is 1.00. The van der Waals surface area contributed by atoms with Crippen molar-refractivity contribution < 1.29 is 19.6 Å². The largest absolute Gasteiger partial charge is 0.396 e. The molecule has 0 spiro atoms. The van der Waals surface area contributed by atoms with Gasteiger partial charge in [0.05, 0.1) is 6.61 Å². The van der Waals surface area contributed by atoms with Crippen molar-refractivity contribution in [2.24, 2.45) is 5.92 Å². The standard InChI is InChI=1S/C15H30O4/c1-5-7-9-15(10-8-6-2)11-13(12-16)14(3,17-4)18-19-15/h13,16H,5-12H2,1-4H3/t13-,14+/m0/s1. The Hall–Kier alpha value is -0.160. The molecule has 0 bridgehead atoms. The van der Waals surface area contributed by atoms with Crippen LogP contribution in [0.5, 0.6) is 0 Å². The molecule has 0 amide bonds. The third kappa shape index (κ3) is 4.15. The Balaban J connectivity index is 2.76. The highest BCUT2D eigenvalue weighted by atomic mass is 17.2. The van der Waals surface area contributed by atoms with E-state index in [2.05, 4.69) is 13.8 Å². The summed E-state index contributed by atoms with van der Waals surface area (Å²) in [7, 11) is 1.59. The molecular weight excluding hydrogens is 244 g/mol. The van der Waals surface area contributed by atoms with Gasteiger partial charge in [0.2, 0.25) is 5.79 Å². The molecule has 4 nitrogen and oxygen atoms in total. The molecule has 0 unspecified atom stereocenters. The number of aliphatic hydroxyl groups excluding tert-OH is 1. The molecule has 0 aromatic heterocycles. The summed E-state index contributed by atoms with van der Waals surface area (Å²) in [5.41, 5.74) is -0.253. The van der Waals surface area contributed by atoms with Crippen molar-refractivity contribution in [3.05, 3.63) is 0 Å². The average molecular weight is 274 g/mol. The summed E-state index contributed by atoms with van der Waals surface area (Å²) in [5, 5.41) is 9.63. The van der Waals surface area contributed by atoms with E-state index in [1.807, 2.05) is 6.92 Å². The molecule has 4 heteroatoms. The maximum absolute atomic E-state index is 9.63. The van der Waals surface area contributed by atoms with Gasteiger partial charge in [0.1, 0.15) is 5.60 Å². The fourth-order valence-electron chi connectivity index (χ4n) is 2.75. The highest BCUT2D eigenvalue weighted by molar-refractivity contribution is 4.90. The van der Waals surface area contributed by atoms with E-state index in [0.29, 0.717) is 0 Å². The first-order valence-electron chi connectivity index (χ1n) is 7.58. The summed E-state index contributed by atoms with van der Waals surface area (Å²) >= 11 is 0. The Morgan fingerprint density at radius 2 is 1.74 bits per heavy atom. The zero-order valence-electron chi connectivity index (χ0n) is 12.9. The van der Waals surface area contributed by atoms with Gasteiger partial charge in [0.25, 0.3) is 0 Å². The predicted molar refractivity (Wildman–Crippen MR) is 74.6 cm³/mol. The molecule has 1 aliphatic heterocycles. The number of methoxy groups -OCH3 is 1. The van der Waals surface area contributed by atoms with E-state index in [1.165, 1.54) is 0 Å². The second-order valence-electron chi connectivity index (χ2n) is 5.86. The molecule has 2 atom stereocenters. The molecule has 1 fully saturated rings. The van der Waals surface area contributed by atoms with Crippen molar-refractivity contribution in [1.82, 2.24) is 0 Å². The lowest BCUT2D eigenvalue weighted by molar-refractivity contribution is -0.502. The Morgan fingerprint density at radius 3 is 2.16 bits per heavy atom. The molecule has 19 heavy (non-hydrogen) atoms. The fourth-order valence-corrected chi connectivity index (χ4v) is 2.75. The highest BCUT2D eigenvalue weighted by Crippen LogP contribution is 2.43. The summed E-state index contributed by atoms with van der Waals surface area (Å²) in [6.45, 7) is 6.26. The van der Waals surface area contributed by atoms with Crippen LogP contribution in [0, 0.1) is 5.92 Å². The van der Waals surface area contributed by atoms with E-state index < -0.39 is 5.79 Å². The molecule has 0 radical (unpaired) electrons. The minimum atomic E-state index is -0.837. The van der Waals surface area contributed by atoms with E-state index in [1.54, 1.807) is 7.11 Å². The Morgan fingerprint density at radius 1 is 1.16 bits per heavy atom. The van der Waals surface area contributed by atoms with Crippen molar-refractivity contribution in [3.8, 4) is 0 Å². The van der Waals surface area contributed by atoms with Gasteiger partial charge in [0.15, 0.2) is 0 Å². The number of hydrogen-bond acceptors (Lipinski definition) is 4. The van der Waals surface area contributed by atoms with E-state index in [4.69, 9.17) is 14.5 Å². The zero-order valence-corrected chi connectivity index (χ0v) is 12.9. The summed E-state index contributed by atoms with van der Waals surface area (Å²) < 4.78 is 5.38. The first-order chi connectivity index (χ1) is 9.05. The van der Waals surface area contributed by atoms with Crippen LogP contribution in [0.4, 0.5) is 0 Å². The van der Waals surface area contributed by atoms with Crippen molar-refractivity contribution in [2.75, 3.05) is 13.7 Å². The van der Waals surface area contributed by atoms with Crippen LogP contribution < -0.4 is 0 Å². The minimum Gasteiger partial charge on any atom is -0.396 e. The van der Waals surface area contributed by atoms with Crippen molar-refractivity contribution in [2.45, 2.75) is 77.1 Å². The molecule has 0 aromatic rings. The Labute approximate surface area is 117 Å². The molecule has 1 rings (SSSR count). The van der Waals surface area contributed by atoms with Crippen molar-refractivity contribution in [1.29, 1.82) is 0 Å². The van der Waals surface area contributed by atoms with Crippen molar-refractivity contribution >= 4 is 0 Å². The topological polar surface area (TPSA) is 47.9 Å². The van der Waals surface area contributed by atoms with Gasteiger partial charge >= 0.3 is 0 Å². The Kier molecular flexibility index (Phi) is 6.74. The van der Waals surface area contributed by atoms with Gasteiger partial charge in [-0.3, -0.25) is 0 Å². The normalized spacial score (nSPS) is 30.5. The molecule has 114 valence electrons. The third-order valence-electron chi connectivity index (χ3n) is 4.34. The van der Waals surface area contributed by atoms with Crippen LogP contribution in [-0.4, -0.2) is 30.2 Å². The lowest BCUT2D eigenvalue weighted by Crippen LogP contribution is -2.53. The minimum absolute atomic E-state index is 0.0417. The van der Waals surface area contributed by atoms with E-state index in [-0.39, 0.29) is 18.1 Å². The maximum Gasteiger partial charge on any atom is 0.203 e. The van der Waals surface area contributed by atoms with Crippen molar-refractivity contribution in [3.63, 3.8) is 0 Å². The van der Waals surface area contributed by atoms with Gasteiger partial charge in [-0.25, -0.2) is 9.78 Å². The van der Waals surface area contributed by atoms with Gasteiger partial charge in [0, 0.05) is 13.0 Å². The molecule has 0 aliphatic carbocycles. The number of unbranched alkanes of at least 4 members (excludes halogenated alkanes) is 2. The number of rotatable bonds is 8. The van der Waals surface area contributed by atoms with E-state index in [0.717, 1.165) is 44.9 Å². The second-order valence-corrected chi connectivity index (χ2v) is 5.86. The monoisotopic (exact) mass is 274 g/mol. The molecule has 0 saturated carbocycles. The van der Waals surface area contributed by atoms with Crippen LogP contribution in [0.1, 0.15) is 65.7 Å². The van der Waals surface area contributed by atoms with Gasteiger partial charge in [-0.05, 0) is 26.2 Å². The first-order valence-corrected chi connectivity index (χ1v) is 7.58. The van der Waals surface area contributed by atoms with Gasteiger partial charge in [-0.2, -0.15) is 0 Å². The van der Waals surface area contributed by atoms with Crippen LogP contribution >= 0.6 is 0 Å². The van der Waals surface area contributed by atoms with Crippen LogP contribution in [0.2, 0.25) is 0 Å². The first kappa shape index (κ1) is 16.9. The highest BCUT2D eigenvalue weighted by Gasteiger charge is 2.49. The lowest BCUT2D eigenvalue weighted by Gasteiger charge is -2.47. The maximum atomic E-state index is 9.63. The number of aliphatic hydroxyl groups is 1. The number of hydrogen-bond donors (Lipinski definition) is 1. The van der Waals surface area contributed by atoms with E-state index >= 15 is 0 Å². The second kappa shape index (κ2) is 7.58. The van der Waals surface area contributed by atoms with Gasteiger partial charge in [-0.15, -0.1) is 0 Å². The summed E-state index contributed by atoms with van der Waals surface area (Å²) in [4.78, 5) is 11.3. The molecule has 0 aromatic carbocycles. The number of ether oxygens (including phenoxy) is 1. The molecule has 1 N–H and O–H groups in total. The van der Waals surface area contributed by atoms with E-state index in [9.17, 15) is 5.11 Å². The summed E-state index contributed by atoms with van der Waals surface area (Å²) in [5.74, 6) is -0.878. The lowest BCUT2D eigenvalue weighted by atomic mass is 9.79. The average Bonchev–Trinajstić information content (AvgIpc) is 2.45. The molecule has 1 saturated heterocycles. The summed E-state index contributed by atoms with van der Waals surface area (Å²) in [6, 6.07) is 0. The van der Waals surface area contributed by atoms with Gasteiger partial charge < -0.3 is 9.84 Å². The van der Waals surface area contributed by atoms with Crippen LogP contribution in [0.25, 0.3) is 0 Å². The van der Waals surface area contributed by atoms with Gasteiger partial charge in [-0.1, -0.05) is 39.5 Å². The SMILES string of the molecule is CCCCC1(CCCC)C[C@@H](CO)[C@](C)(OC)OO1. The predicted octanol–water partition coefficient (Wildman–Crippen LogP) is 3.43. The Bertz CT molecular complexity index is 249. The quantitative estimate of drug-likeness (QED) is 0.689. The molecular formula is C15H30O4. The van der Waals surface area contributed by atoms with Crippen LogP contribution in [-0.2, 0) is 14.5 Å². The molecule has 1 heterocycles.